The summed E-state index contributed by atoms with van der Waals surface area (Å²) in [6, 6.07) is 19.8. The number of aromatic carboxylic acids is 1. The topological polar surface area (TPSA) is 66.0 Å². The fraction of sp³-hybridized carbons (Fsp3) is 0.143. The Morgan fingerprint density at radius 3 is 2.19 bits per heavy atom. The van der Waals surface area contributed by atoms with Crippen molar-refractivity contribution in [2.24, 2.45) is 7.05 Å². The minimum absolute atomic E-state index is 0.143. The molecule has 0 bridgehead atoms. The van der Waals surface area contributed by atoms with Gasteiger partial charge in [-0.1, -0.05) is 61.5 Å². The van der Waals surface area contributed by atoms with Gasteiger partial charge in [0.2, 0.25) is 0 Å². The molecule has 0 fully saturated rings. The molecular weight excluding hydrogens is 344 g/mol. The molecule has 130 valence electrons. The minimum Gasteiger partial charge on any atom is -0.477 e. The number of hydrogen-bond acceptors (Lipinski definition) is 3. The van der Waals surface area contributed by atoms with Crippen LogP contribution in [0.3, 0.4) is 0 Å². The number of thioether (sulfide) groups is 1. The van der Waals surface area contributed by atoms with E-state index in [9.17, 15) is 15.2 Å². The number of carboxylic acids is 1. The van der Waals surface area contributed by atoms with E-state index in [1.54, 1.807) is 11.6 Å². The summed E-state index contributed by atoms with van der Waals surface area (Å²) in [6.07, 6.45) is 0. The van der Waals surface area contributed by atoms with Crippen LogP contribution in [0.15, 0.2) is 59.6 Å². The van der Waals surface area contributed by atoms with E-state index in [1.807, 2.05) is 61.5 Å². The molecule has 0 atom stereocenters. The Morgan fingerprint density at radius 1 is 1.08 bits per heavy atom. The van der Waals surface area contributed by atoms with Gasteiger partial charge in [-0.15, -0.1) is 11.8 Å². The van der Waals surface area contributed by atoms with Gasteiger partial charge in [-0.3, -0.25) is 0 Å². The number of carboxylic acid groups (broad SMARTS) is 1. The van der Waals surface area contributed by atoms with Gasteiger partial charge in [-0.2, -0.15) is 5.26 Å². The molecule has 0 spiro atoms. The zero-order chi connectivity index (χ0) is 18.7. The fourth-order valence-corrected chi connectivity index (χ4v) is 3.91. The summed E-state index contributed by atoms with van der Waals surface area (Å²) < 4.78 is 1.61. The van der Waals surface area contributed by atoms with Crippen LogP contribution in [0.5, 0.6) is 0 Å². The van der Waals surface area contributed by atoms with Gasteiger partial charge in [0.25, 0.3) is 0 Å². The zero-order valence-corrected chi connectivity index (χ0v) is 15.4. The summed E-state index contributed by atoms with van der Waals surface area (Å²) in [6.45, 7) is 1.98. The SMILES string of the molecule is CCSc1c(C#N)c(-c2ccc(-c3ccccc3)cc2)c(C(=O)O)n1C. The molecule has 5 heteroatoms. The summed E-state index contributed by atoms with van der Waals surface area (Å²) in [5.41, 5.74) is 3.92. The number of rotatable bonds is 5. The molecule has 26 heavy (non-hydrogen) atoms. The standard InChI is InChI=1S/C21H18N2O2S/c1-3-26-20-17(13-22)18(19(21(24)25)23(20)2)16-11-9-15(10-12-16)14-7-5-4-6-8-14/h4-12H,3H2,1-2H3,(H,24,25). The Bertz CT molecular complexity index is 984. The molecule has 1 N–H and O–H groups in total. The molecule has 0 saturated carbocycles. The van der Waals surface area contributed by atoms with E-state index in [0.29, 0.717) is 16.2 Å². The third kappa shape index (κ3) is 3.12. The first kappa shape index (κ1) is 17.8. The van der Waals surface area contributed by atoms with E-state index in [1.165, 1.54) is 11.8 Å². The van der Waals surface area contributed by atoms with Gasteiger partial charge >= 0.3 is 5.97 Å². The molecule has 2 aromatic carbocycles. The molecule has 0 aliphatic carbocycles. The van der Waals surface area contributed by atoms with Crippen molar-refractivity contribution in [1.29, 1.82) is 5.26 Å². The lowest BCUT2D eigenvalue weighted by Crippen LogP contribution is -2.06. The van der Waals surface area contributed by atoms with Crippen LogP contribution in [0, 0.1) is 11.3 Å². The van der Waals surface area contributed by atoms with Crippen molar-refractivity contribution in [3.05, 3.63) is 65.9 Å². The predicted octanol–water partition coefficient (Wildman–Crippen LogP) is 5.04. The van der Waals surface area contributed by atoms with E-state index in [0.717, 1.165) is 22.4 Å². The second-order valence-corrected chi connectivity index (χ2v) is 7.01. The first-order chi connectivity index (χ1) is 12.6. The van der Waals surface area contributed by atoms with Crippen LogP contribution in [0.2, 0.25) is 0 Å². The summed E-state index contributed by atoms with van der Waals surface area (Å²) in [5.74, 6) is -0.271. The summed E-state index contributed by atoms with van der Waals surface area (Å²) >= 11 is 1.48. The Labute approximate surface area is 156 Å². The molecule has 0 saturated heterocycles. The Hall–Kier alpha value is -2.97. The molecule has 1 aromatic heterocycles. The molecular formula is C21H18N2O2S. The molecule has 4 nitrogen and oxygen atoms in total. The highest BCUT2D eigenvalue weighted by molar-refractivity contribution is 7.99. The highest BCUT2D eigenvalue weighted by Gasteiger charge is 2.26. The number of aromatic nitrogens is 1. The molecule has 0 radical (unpaired) electrons. The van der Waals surface area contributed by atoms with E-state index < -0.39 is 5.97 Å². The van der Waals surface area contributed by atoms with Crippen LogP contribution in [0.4, 0.5) is 0 Å². The molecule has 0 aliphatic rings. The van der Waals surface area contributed by atoms with Crippen LogP contribution in [0.1, 0.15) is 23.0 Å². The van der Waals surface area contributed by atoms with Crippen LogP contribution < -0.4 is 0 Å². The van der Waals surface area contributed by atoms with Crippen molar-refractivity contribution < 1.29 is 9.90 Å². The fourth-order valence-electron chi connectivity index (χ4n) is 3.06. The predicted molar refractivity (Wildman–Crippen MR) is 104 cm³/mol. The number of nitriles is 1. The quantitative estimate of drug-likeness (QED) is 0.646. The van der Waals surface area contributed by atoms with Crippen molar-refractivity contribution in [2.75, 3.05) is 5.75 Å². The van der Waals surface area contributed by atoms with Crippen LogP contribution in [0.25, 0.3) is 22.3 Å². The van der Waals surface area contributed by atoms with Gasteiger partial charge in [0.15, 0.2) is 0 Å². The van der Waals surface area contributed by atoms with Crippen molar-refractivity contribution >= 4 is 17.7 Å². The first-order valence-corrected chi connectivity index (χ1v) is 9.21. The van der Waals surface area contributed by atoms with E-state index in [2.05, 4.69) is 6.07 Å². The number of carbonyl (C=O) groups is 1. The van der Waals surface area contributed by atoms with Gasteiger partial charge < -0.3 is 9.67 Å². The normalized spacial score (nSPS) is 10.5. The summed E-state index contributed by atoms with van der Waals surface area (Å²) in [5, 5.41) is 20.1. The Kier molecular flexibility index (Phi) is 5.15. The Morgan fingerprint density at radius 2 is 1.65 bits per heavy atom. The lowest BCUT2D eigenvalue weighted by Gasteiger charge is -2.06. The monoisotopic (exact) mass is 362 g/mol. The zero-order valence-electron chi connectivity index (χ0n) is 14.6. The van der Waals surface area contributed by atoms with E-state index in [4.69, 9.17) is 0 Å². The van der Waals surface area contributed by atoms with Crippen LogP contribution in [-0.4, -0.2) is 21.4 Å². The molecule has 0 aliphatic heterocycles. The second kappa shape index (κ2) is 7.51. The van der Waals surface area contributed by atoms with Gasteiger partial charge in [0.05, 0.1) is 10.6 Å². The smallest absolute Gasteiger partial charge is 0.353 e. The van der Waals surface area contributed by atoms with Crippen LogP contribution >= 0.6 is 11.8 Å². The van der Waals surface area contributed by atoms with Crippen molar-refractivity contribution in [1.82, 2.24) is 4.57 Å². The maximum Gasteiger partial charge on any atom is 0.353 e. The molecule has 0 amide bonds. The van der Waals surface area contributed by atoms with E-state index in [-0.39, 0.29) is 5.69 Å². The van der Waals surface area contributed by atoms with Gasteiger partial charge in [0.1, 0.15) is 11.8 Å². The average Bonchev–Trinajstić information content (AvgIpc) is 2.95. The molecule has 3 aromatic rings. The van der Waals surface area contributed by atoms with Crippen molar-refractivity contribution in [3.8, 4) is 28.3 Å². The summed E-state index contributed by atoms with van der Waals surface area (Å²) in [7, 11) is 1.70. The molecule has 0 unspecified atom stereocenters. The highest BCUT2D eigenvalue weighted by atomic mass is 32.2. The van der Waals surface area contributed by atoms with Crippen LogP contribution in [-0.2, 0) is 7.05 Å². The van der Waals surface area contributed by atoms with Crippen molar-refractivity contribution in [2.45, 2.75) is 11.9 Å². The molecule has 3 rings (SSSR count). The highest BCUT2D eigenvalue weighted by Crippen LogP contribution is 2.37. The minimum atomic E-state index is -1.03. The maximum absolute atomic E-state index is 11.9. The largest absolute Gasteiger partial charge is 0.477 e. The summed E-state index contributed by atoms with van der Waals surface area (Å²) in [4.78, 5) is 11.9. The number of hydrogen-bond donors (Lipinski definition) is 1. The van der Waals surface area contributed by atoms with Gasteiger partial charge in [-0.25, -0.2) is 4.79 Å². The number of benzene rings is 2. The Balaban J connectivity index is 2.16. The maximum atomic E-state index is 11.9. The van der Waals surface area contributed by atoms with Gasteiger partial charge in [-0.05, 0) is 22.4 Å². The number of nitrogens with zero attached hydrogens (tertiary/aromatic N) is 2. The second-order valence-electron chi connectivity index (χ2n) is 5.76. The third-order valence-corrected chi connectivity index (χ3v) is 5.26. The van der Waals surface area contributed by atoms with Crippen molar-refractivity contribution in [3.63, 3.8) is 0 Å². The van der Waals surface area contributed by atoms with E-state index >= 15 is 0 Å². The molecule has 1 heterocycles. The van der Waals surface area contributed by atoms with Gasteiger partial charge in [0, 0.05) is 12.6 Å². The lowest BCUT2D eigenvalue weighted by atomic mass is 9.98. The first-order valence-electron chi connectivity index (χ1n) is 8.23. The average molecular weight is 362 g/mol. The third-order valence-electron chi connectivity index (χ3n) is 4.22. The lowest BCUT2D eigenvalue weighted by molar-refractivity contribution is 0.0686.